The molecule has 1 saturated heterocycles. The quantitative estimate of drug-likeness (QED) is 0.656. The highest BCUT2D eigenvalue weighted by molar-refractivity contribution is 6.62. The Labute approximate surface area is 113 Å². The molecule has 0 atom stereocenters. The Bertz CT molecular complexity index is 480. The van der Waals surface area contributed by atoms with E-state index in [1.807, 2.05) is 33.8 Å². The number of carbonyl (C=O) groups is 1. The molecule has 1 aliphatic rings. The van der Waals surface area contributed by atoms with Crippen LogP contribution >= 0.6 is 0 Å². The smallest absolute Gasteiger partial charge is 0.399 e. The lowest BCUT2D eigenvalue weighted by Gasteiger charge is -2.32. The zero-order valence-electron chi connectivity index (χ0n) is 11.8. The first kappa shape index (κ1) is 14.2. The summed E-state index contributed by atoms with van der Waals surface area (Å²) in [6, 6.07) is 7.01. The van der Waals surface area contributed by atoms with Gasteiger partial charge in [0.25, 0.3) is 0 Å². The largest absolute Gasteiger partial charge is 0.494 e. The molecule has 1 N–H and O–H groups in total. The molecular formula is C14H19BO4. The minimum Gasteiger partial charge on any atom is -0.399 e. The van der Waals surface area contributed by atoms with E-state index in [4.69, 9.17) is 14.4 Å². The van der Waals surface area contributed by atoms with Crippen LogP contribution in [0.2, 0.25) is 0 Å². The summed E-state index contributed by atoms with van der Waals surface area (Å²) in [7, 11) is -0.489. The maximum Gasteiger partial charge on any atom is 0.494 e. The fraction of sp³-hybridized carbons (Fsp3) is 0.500. The first-order valence-electron chi connectivity index (χ1n) is 6.36. The van der Waals surface area contributed by atoms with Gasteiger partial charge in [0.05, 0.1) is 11.2 Å². The number of rotatable bonds is 3. The molecule has 102 valence electrons. The zero-order valence-corrected chi connectivity index (χ0v) is 11.8. The second kappa shape index (κ2) is 4.74. The van der Waals surface area contributed by atoms with Gasteiger partial charge in [-0.15, -0.1) is 0 Å². The van der Waals surface area contributed by atoms with Crippen LogP contribution in [0, 0.1) is 0 Å². The third-order valence-electron chi connectivity index (χ3n) is 3.88. The minimum absolute atomic E-state index is 0.307. The Morgan fingerprint density at radius 3 is 2.32 bits per heavy atom. The van der Waals surface area contributed by atoms with E-state index in [9.17, 15) is 4.79 Å². The molecule has 0 bridgehead atoms. The van der Waals surface area contributed by atoms with Gasteiger partial charge in [-0.05, 0) is 33.2 Å². The average Bonchev–Trinajstić information content (AvgIpc) is 2.58. The van der Waals surface area contributed by atoms with Crippen LogP contribution < -0.4 is 5.46 Å². The molecule has 1 heterocycles. The highest BCUT2D eigenvalue weighted by Crippen LogP contribution is 2.36. The first-order chi connectivity index (χ1) is 8.77. The van der Waals surface area contributed by atoms with Gasteiger partial charge in [-0.25, -0.2) is 0 Å². The van der Waals surface area contributed by atoms with Crippen molar-refractivity contribution in [1.82, 2.24) is 0 Å². The number of hydrogen-bond acceptors (Lipinski definition) is 4. The summed E-state index contributed by atoms with van der Waals surface area (Å²) in [5.74, 6) is -0.307. The monoisotopic (exact) mass is 262 g/mol. The number of aliphatic hydroxyl groups is 1. The van der Waals surface area contributed by atoms with Crippen LogP contribution in [-0.2, 0) is 9.31 Å². The van der Waals surface area contributed by atoms with Crippen molar-refractivity contribution >= 4 is 18.4 Å². The maximum atomic E-state index is 11.5. The molecule has 5 heteroatoms. The van der Waals surface area contributed by atoms with E-state index in [0.717, 1.165) is 5.46 Å². The third-order valence-corrected chi connectivity index (χ3v) is 3.88. The van der Waals surface area contributed by atoms with Gasteiger partial charge in [-0.2, -0.15) is 0 Å². The van der Waals surface area contributed by atoms with Crippen LogP contribution in [0.4, 0.5) is 0 Å². The standard InChI is InChI=1S/C14H19BO4/c1-13(2)14(3,4)19-15(18-13)11-7-5-6-10(8-11)12(17)9-16/h5-8,16H,9H2,1-4H3. The van der Waals surface area contributed by atoms with Gasteiger partial charge in [0.2, 0.25) is 0 Å². The van der Waals surface area contributed by atoms with Crippen LogP contribution in [0.25, 0.3) is 0 Å². The van der Waals surface area contributed by atoms with Crippen molar-refractivity contribution in [3.63, 3.8) is 0 Å². The van der Waals surface area contributed by atoms with Gasteiger partial charge < -0.3 is 14.4 Å². The van der Waals surface area contributed by atoms with Gasteiger partial charge in [-0.3, -0.25) is 4.79 Å². The van der Waals surface area contributed by atoms with Crippen molar-refractivity contribution in [2.45, 2.75) is 38.9 Å². The zero-order chi connectivity index (χ0) is 14.3. The topological polar surface area (TPSA) is 55.8 Å². The number of Topliss-reactive ketones (excluding diaryl/α,β-unsaturated/α-hetero) is 1. The average molecular weight is 262 g/mol. The molecule has 2 rings (SSSR count). The molecule has 1 fully saturated rings. The molecule has 0 unspecified atom stereocenters. The van der Waals surface area contributed by atoms with Crippen LogP contribution in [-0.4, -0.2) is 35.8 Å². The molecule has 0 radical (unpaired) electrons. The van der Waals surface area contributed by atoms with Crippen LogP contribution in [0.15, 0.2) is 24.3 Å². The molecule has 4 nitrogen and oxygen atoms in total. The minimum atomic E-state index is -0.493. The normalized spacial score (nSPS) is 20.6. The lowest BCUT2D eigenvalue weighted by molar-refractivity contribution is 0.00578. The molecule has 1 aromatic rings. The van der Waals surface area contributed by atoms with Crippen LogP contribution in [0.5, 0.6) is 0 Å². The van der Waals surface area contributed by atoms with Crippen molar-refractivity contribution in [1.29, 1.82) is 0 Å². The first-order valence-corrected chi connectivity index (χ1v) is 6.36. The summed E-state index contributed by atoms with van der Waals surface area (Å²) in [6.07, 6.45) is 0. The maximum absolute atomic E-state index is 11.5. The van der Waals surface area contributed by atoms with E-state index in [-0.39, 0.29) is 5.78 Å². The SMILES string of the molecule is CC1(C)OB(c2cccc(C(=O)CO)c2)OC1(C)C. The fourth-order valence-corrected chi connectivity index (χ4v) is 1.93. The summed E-state index contributed by atoms with van der Waals surface area (Å²) in [4.78, 5) is 11.5. The molecule has 1 aromatic carbocycles. The molecule has 0 saturated carbocycles. The Kier molecular flexibility index (Phi) is 3.56. The van der Waals surface area contributed by atoms with Gasteiger partial charge in [0.1, 0.15) is 6.61 Å². The van der Waals surface area contributed by atoms with Gasteiger partial charge in [0, 0.05) is 5.56 Å². The molecule has 19 heavy (non-hydrogen) atoms. The van der Waals surface area contributed by atoms with E-state index in [1.165, 1.54) is 0 Å². The van der Waals surface area contributed by atoms with E-state index < -0.39 is 24.9 Å². The number of benzene rings is 1. The summed E-state index contributed by atoms with van der Waals surface area (Å²) in [5.41, 5.74) is 0.441. The van der Waals surface area contributed by atoms with E-state index in [0.29, 0.717) is 5.56 Å². The third kappa shape index (κ3) is 2.59. The van der Waals surface area contributed by atoms with Gasteiger partial charge in [0.15, 0.2) is 5.78 Å². The van der Waals surface area contributed by atoms with Crippen molar-refractivity contribution in [3.05, 3.63) is 29.8 Å². The van der Waals surface area contributed by atoms with Gasteiger partial charge >= 0.3 is 7.12 Å². The highest BCUT2D eigenvalue weighted by atomic mass is 16.7. The second-order valence-electron chi connectivity index (χ2n) is 5.80. The van der Waals surface area contributed by atoms with Crippen molar-refractivity contribution in [3.8, 4) is 0 Å². The molecule has 0 amide bonds. The number of hydrogen-bond donors (Lipinski definition) is 1. The van der Waals surface area contributed by atoms with E-state index in [2.05, 4.69) is 0 Å². The van der Waals surface area contributed by atoms with E-state index >= 15 is 0 Å². The molecule has 1 aliphatic heterocycles. The number of aliphatic hydroxyl groups excluding tert-OH is 1. The molecule has 0 aromatic heterocycles. The predicted molar refractivity (Wildman–Crippen MR) is 73.6 cm³/mol. The lowest BCUT2D eigenvalue weighted by Crippen LogP contribution is -2.41. The Morgan fingerprint density at radius 1 is 1.21 bits per heavy atom. The van der Waals surface area contributed by atoms with Crippen molar-refractivity contribution in [2.75, 3.05) is 6.61 Å². The highest BCUT2D eigenvalue weighted by Gasteiger charge is 2.51. The van der Waals surface area contributed by atoms with Crippen molar-refractivity contribution < 1.29 is 19.2 Å². The lowest BCUT2D eigenvalue weighted by atomic mass is 9.78. The van der Waals surface area contributed by atoms with Crippen LogP contribution in [0.1, 0.15) is 38.1 Å². The molecular weight excluding hydrogens is 243 g/mol. The Morgan fingerprint density at radius 2 is 1.79 bits per heavy atom. The predicted octanol–water partition coefficient (Wildman–Crippen LogP) is 1.16. The summed E-state index contributed by atoms with van der Waals surface area (Å²) in [5, 5.41) is 8.90. The number of ketones is 1. The Balaban J connectivity index is 2.27. The van der Waals surface area contributed by atoms with Crippen LogP contribution in [0.3, 0.4) is 0 Å². The van der Waals surface area contributed by atoms with E-state index in [1.54, 1.807) is 18.2 Å². The Hall–Kier alpha value is -1.17. The summed E-state index contributed by atoms with van der Waals surface area (Å²) >= 11 is 0. The summed E-state index contributed by atoms with van der Waals surface area (Å²) in [6.45, 7) is 7.43. The number of carbonyl (C=O) groups excluding carboxylic acids is 1. The van der Waals surface area contributed by atoms with Gasteiger partial charge in [-0.1, -0.05) is 24.3 Å². The van der Waals surface area contributed by atoms with Crippen molar-refractivity contribution in [2.24, 2.45) is 0 Å². The molecule has 0 aliphatic carbocycles. The second-order valence-corrected chi connectivity index (χ2v) is 5.80. The fourth-order valence-electron chi connectivity index (χ4n) is 1.93. The summed E-state index contributed by atoms with van der Waals surface area (Å²) < 4.78 is 11.8. The molecule has 0 spiro atoms.